The fraction of sp³-hybridized carbons (Fsp3) is 0.312. The molecule has 1 atom stereocenters. The molecule has 8 nitrogen and oxygen atoms in total. The predicted octanol–water partition coefficient (Wildman–Crippen LogP) is 3.03. The lowest BCUT2D eigenvalue weighted by atomic mass is 10.00. The number of carbonyl (C=O) groups excluding carboxylic acids is 2. The Hall–Kier alpha value is -2.55. The molecule has 0 bridgehead atoms. The van der Waals surface area contributed by atoms with Gasteiger partial charge in [0.1, 0.15) is 5.82 Å². The smallest absolute Gasteiger partial charge is 0.292 e. The van der Waals surface area contributed by atoms with Crippen LogP contribution in [0.5, 0.6) is 0 Å². The van der Waals surface area contributed by atoms with Gasteiger partial charge in [-0.05, 0) is 48.3 Å². The van der Waals surface area contributed by atoms with Gasteiger partial charge < -0.3 is 9.73 Å². The second-order valence-corrected chi connectivity index (χ2v) is 6.39. The third-order valence-corrected chi connectivity index (χ3v) is 4.18. The molecule has 0 radical (unpaired) electrons. The predicted molar refractivity (Wildman–Crippen MR) is 96.1 cm³/mol. The third-order valence-electron chi connectivity index (χ3n) is 3.76. The van der Waals surface area contributed by atoms with Gasteiger partial charge >= 0.3 is 0 Å². The van der Waals surface area contributed by atoms with Crippen LogP contribution in [-0.2, 0) is 4.79 Å². The Bertz CT molecular complexity index is 909. The Balaban J connectivity index is 1.92. The highest BCUT2D eigenvalue weighted by Crippen LogP contribution is 2.19. The molecule has 2 aromatic heterocycles. The van der Waals surface area contributed by atoms with E-state index >= 15 is 0 Å². The quantitative estimate of drug-likeness (QED) is 0.847. The number of aryl methyl sites for hydroxylation is 1. The SMILES string of the molecule is CCC1C(=O)N=C(n2nc(C)cc2NC(=O)c2ccc(Br)o2)N=C1C. The first-order chi connectivity index (χ1) is 11.9. The molecule has 1 unspecified atom stereocenters. The highest BCUT2D eigenvalue weighted by atomic mass is 79.9. The van der Waals surface area contributed by atoms with Crippen LogP contribution in [0.25, 0.3) is 0 Å². The number of aromatic nitrogens is 2. The summed E-state index contributed by atoms with van der Waals surface area (Å²) in [6, 6.07) is 4.84. The van der Waals surface area contributed by atoms with Gasteiger partial charge in [-0.1, -0.05) is 6.92 Å². The molecule has 0 saturated carbocycles. The molecule has 3 rings (SSSR count). The second-order valence-electron chi connectivity index (χ2n) is 5.60. The number of rotatable bonds is 3. The van der Waals surface area contributed by atoms with Crippen LogP contribution < -0.4 is 5.32 Å². The monoisotopic (exact) mass is 405 g/mol. The minimum atomic E-state index is -0.443. The van der Waals surface area contributed by atoms with Gasteiger partial charge in [-0.3, -0.25) is 9.59 Å². The van der Waals surface area contributed by atoms with E-state index in [1.54, 1.807) is 32.0 Å². The highest BCUT2D eigenvalue weighted by molar-refractivity contribution is 9.10. The molecule has 0 spiro atoms. The average molecular weight is 406 g/mol. The maximum atomic E-state index is 12.3. The van der Waals surface area contributed by atoms with Gasteiger partial charge in [-0.2, -0.15) is 14.8 Å². The molecule has 3 heterocycles. The maximum Gasteiger partial charge on any atom is 0.292 e. The molecular formula is C16H16BrN5O3. The standard InChI is InChI=1S/C16H16BrN5O3/c1-4-10-9(3)18-16(20-14(10)23)22-13(7-8(2)21-22)19-15(24)11-5-6-12(17)25-11/h5-7,10H,4H2,1-3H3,(H,19,24). The molecule has 9 heteroatoms. The molecule has 25 heavy (non-hydrogen) atoms. The van der Waals surface area contributed by atoms with Crippen LogP contribution in [0.1, 0.15) is 36.5 Å². The van der Waals surface area contributed by atoms with Crippen molar-refractivity contribution in [1.82, 2.24) is 9.78 Å². The molecule has 1 aliphatic heterocycles. The van der Waals surface area contributed by atoms with E-state index in [1.807, 2.05) is 6.92 Å². The lowest BCUT2D eigenvalue weighted by Gasteiger charge is -2.17. The topological polar surface area (TPSA) is 102 Å². The first-order valence-corrected chi connectivity index (χ1v) is 8.49. The summed E-state index contributed by atoms with van der Waals surface area (Å²) in [7, 11) is 0. The van der Waals surface area contributed by atoms with Crippen LogP contribution >= 0.6 is 15.9 Å². The summed E-state index contributed by atoms with van der Waals surface area (Å²) < 4.78 is 7.04. The number of hydrogen-bond donors (Lipinski definition) is 1. The summed E-state index contributed by atoms with van der Waals surface area (Å²) >= 11 is 3.15. The van der Waals surface area contributed by atoms with Crippen LogP contribution in [-0.4, -0.2) is 33.3 Å². The number of nitrogens with one attached hydrogen (secondary N) is 1. The van der Waals surface area contributed by atoms with Crippen LogP contribution in [0.3, 0.4) is 0 Å². The van der Waals surface area contributed by atoms with Gasteiger partial charge in [-0.15, -0.1) is 0 Å². The van der Waals surface area contributed by atoms with Gasteiger partial charge in [0.2, 0.25) is 0 Å². The molecule has 0 aliphatic carbocycles. The summed E-state index contributed by atoms with van der Waals surface area (Å²) in [5.74, 6) is -0.375. The number of hydrogen-bond acceptors (Lipinski definition) is 5. The largest absolute Gasteiger partial charge is 0.444 e. The van der Waals surface area contributed by atoms with Gasteiger partial charge in [0, 0.05) is 11.8 Å². The van der Waals surface area contributed by atoms with Crippen LogP contribution in [0, 0.1) is 12.8 Å². The third kappa shape index (κ3) is 3.46. The van der Waals surface area contributed by atoms with Crippen molar-refractivity contribution in [1.29, 1.82) is 0 Å². The Morgan fingerprint density at radius 3 is 2.72 bits per heavy atom. The van der Waals surface area contributed by atoms with Crippen LogP contribution in [0.15, 0.2) is 37.3 Å². The Morgan fingerprint density at radius 2 is 2.12 bits per heavy atom. The Labute approximate surface area is 152 Å². The van der Waals surface area contributed by atoms with Crippen molar-refractivity contribution < 1.29 is 14.0 Å². The second kappa shape index (κ2) is 6.75. The Morgan fingerprint density at radius 1 is 1.36 bits per heavy atom. The fourth-order valence-electron chi connectivity index (χ4n) is 2.54. The molecule has 1 aliphatic rings. The lowest BCUT2D eigenvalue weighted by molar-refractivity contribution is -0.119. The average Bonchev–Trinajstić information content (AvgIpc) is 3.13. The van der Waals surface area contributed by atoms with Crippen molar-refractivity contribution in [2.24, 2.45) is 15.9 Å². The van der Waals surface area contributed by atoms with Crippen LogP contribution in [0.2, 0.25) is 0 Å². The lowest BCUT2D eigenvalue weighted by Crippen LogP contribution is -2.30. The van der Waals surface area contributed by atoms with Crippen molar-refractivity contribution in [3.8, 4) is 0 Å². The number of aliphatic imine (C=N–C) groups is 2. The van der Waals surface area contributed by atoms with Crippen LogP contribution in [0.4, 0.5) is 5.82 Å². The zero-order valence-corrected chi connectivity index (χ0v) is 15.5. The van der Waals surface area contributed by atoms with Crippen molar-refractivity contribution in [3.05, 3.63) is 34.3 Å². The van der Waals surface area contributed by atoms with Gasteiger partial charge in [0.15, 0.2) is 10.4 Å². The van der Waals surface area contributed by atoms with E-state index < -0.39 is 5.91 Å². The van der Waals surface area contributed by atoms with E-state index in [4.69, 9.17) is 4.42 Å². The minimum absolute atomic E-state index is 0.135. The molecular weight excluding hydrogens is 390 g/mol. The van der Waals surface area contributed by atoms with E-state index in [9.17, 15) is 9.59 Å². The van der Waals surface area contributed by atoms with Gasteiger partial charge in [0.25, 0.3) is 17.8 Å². The molecule has 1 N–H and O–H groups in total. The summed E-state index contributed by atoms with van der Waals surface area (Å²) in [6.07, 6.45) is 0.639. The van der Waals surface area contributed by atoms with Gasteiger partial charge in [-0.25, -0.2) is 4.99 Å². The molecule has 0 fully saturated rings. The molecule has 0 aromatic carbocycles. The number of amides is 2. The zero-order valence-electron chi connectivity index (χ0n) is 13.9. The number of nitrogens with zero attached hydrogens (tertiary/aromatic N) is 4. The molecule has 2 amide bonds. The van der Waals surface area contributed by atoms with Crippen molar-refractivity contribution in [2.75, 3.05) is 5.32 Å². The number of carbonyl (C=O) groups is 2. The number of halogens is 1. The van der Waals surface area contributed by atoms with E-state index in [0.717, 1.165) is 0 Å². The normalized spacial score (nSPS) is 17.3. The fourth-order valence-corrected chi connectivity index (χ4v) is 2.84. The molecule has 130 valence electrons. The first-order valence-electron chi connectivity index (χ1n) is 7.70. The van der Waals surface area contributed by atoms with Crippen molar-refractivity contribution in [3.63, 3.8) is 0 Å². The van der Waals surface area contributed by atoms with Crippen molar-refractivity contribution >= 4 is 45.2 Å². The summed E-state index contributed by atoms with van der Waals surface area (Å²) in [4.78, 5) is 32.9. The minimum Gasteiger partial charge on any atom is -0.444 e. The maximum absolute atomic E-state index is 12.3. The van der Waals surface area contributed by atoms with E-state index in [2.05, 4.69) is 36.3 Å². The Kier molecular flexibility index (Phi) is 4.67. The van der Waals surface area contributed by atoms with E-state index in [1.165, 1.54) is 4.68 Å². The summed E-state index contributed by atoms with van der Waals surface area (Å²) in [5.41, 5.74) is 1.33. The number of anilines is 1. The molecule has 2 aromatic rings. The summed E-state index contributed by atoms with van der Waals surface area (Å²) in [6.45, 7) is 5.47. The zero-order chi connectivity index (χ0) is 18.1. The molecule has 0 saturated heterocycles. The first kappa shape index (κ1) is 17.3. The van der Waals surface area contributed by atoms with E-state index in [-0.39, 0.29) is 23.5 Å². The highest BCUT2D eigenvalue weighted by Gasteiger charge is 2.26. The van der Waals surface area contributed by atoms with Gasteiger partial charge in [0.05, 0.1) is 11.6 Å². The summed E-state index contributed by atoms with van der Waals surface area (Å²) in [5, 5.41) is 6.98. The van der Waals surface area contributed by atoms with E-state index in [0.29, 0.717) is 28.3 Å². The number of furan rings is 1. The van der Waals surface area contributed by atoms with Crippen molar-refractivity contribution in [2.45, 2.75) is 27.2 Å².